The first-order valence-corrected chi connectivity index (χ1v) is 9.26. The highest BCUT2D eigenvalue weighted by atomic mass is 16.5. The molecule has 0 spiro atoms. The molecule has 0 aliphatic carbocycles. The average Bonchev–Trinajstić information content (AvgIpc) is 3.37. The molecule has 2 aromatic carbocycles. The molecule has 0 bridgehead atoms. The number of rotatable bonds is 5. The third-order valence-corrected chi connectivity index (χ3v) is 5.10. The molecular weight excluding hydrogens is 372 g/mol. The summed E-state index contributed by atoms with van der Waals surface area (Å²) in [6.07, 6.45) is 1.16. The number of methoxy groups -OCH3 is 1. The number of hydrogen-bond donors (Lipinski definition) is 0. The van der Waals surface area contributed by atoms with Crippen LogP contribution in [-0.4, -0.2) is 25.2 Å². The quantitative estimate of drug-likeness (QED) is 0.428. The number of esters is 2. The summed E-state index contributed by atoms with van der Waals surface area (Å²) in [6, 6.07) is 14.1. The molecule has 6 heteroatoms. The van der Waals surface area contributed by atoms with Crippen LogP contribution in [0.4, 0.5) is 0 Å². The highest BCUT2D eigenvalue weighted by Gasteiger charge is 2.23. The van der Waals surface area contributed by atoms with Crippen molar-refractivity contribution in [2.75, 3.05) is 7.11 Å². The van der Waals surface area contributed by atoms with E-state index in [9.17, 15) is 9.59 Å². The second-order valence-corrected chi connectivity index (χ2v) is 6.97. The highest BCUT2D eigenvalue weighted by molar-refractivity contribution is 5.94. The van der Waals surface area contributed by atoms with Gasteiger partial charge in [0.2, 0.25) is 0 Å². The van der Waals surface area contributed by atoms with Gasteiger partial charge >= 0.3 is 11.9 Å². The van der Waals surface area contributed by atoms with Crippen molar-refractivity contribution in [3.8, 4) is 0 Å². The lowest BCUT2D eigenvalue weighted by Gasteiger charge is -2.18. The number of benzene rings is 2. The highest BCUT2D eigenvalue weighted by Crippen LogP contribution is 2.29. The third kappa shape index (κ3) is 3.61. The van der Waals surface area contributed by atoms with E-state index in [0.717, 1.165) is 10.8 Å². The molecule has 0 saturated carbocycles. The Morgan fingerprint density at radius 2 is 1.55 bits per heavy atom. The zero-order valence-electron chi connectivity index (χ0n) is 16.3. The average molecular weight is 392 g/mol. The molecule has 29 heavy (non-hydrogen) atoms. The molecule has 0 N–H and O–H groups in total. The van der Waals surface area contributed by atoms with Gasteiger partial charge in [0.1, 0.15) is 23.0 Å². The zero-order chi connectivity index (χ0) is 20.5. The minimum Gasteiger partial charge on any atom is -0.465 e. The van der Waals surface area contributed by atoms with Gasteiger partial charge < -0.3 is 18.3 Å². The van der Waals surface area contributed by atoms with Crippen LogP contribution in [0.5, 0.6) is 0 Å². The Kier molecular flexibility index (Phi) is 4.84. The largest absolute Gasteiger partial charge is 0.465 e. The SMILES string of the molecule is COC(=O)c1ccc2cc(C(C)C(C)OC(=O)c3ccc4ccoc4c3)oc2c1. The van der Waals surface area contributed by atoms with Gasteiger partial charge in [-0.2, -0.15) is 0 Å². The Bertz CT molecular complexity index is 1200. The number of hydrogen-bond acceptors (Lipinski definition) is 6. The molecular formula is C23H20O6. The van der Waals surface area contributed by atoms with Crippen LogP contribution >= 0.6 is 0 Å². The van der Waals surface area contributed by atoms with Gasteiger partial charge in [0.15, 0.2) is 0 Å². The smallest absolute Gasteiger partial charge is 0.338 e. The predicted molar refractivity (Wildman–Crippen MR) is 107 cm³/mol. The monoisotopic (exact) mass is 392 g/mol. The fourth-order valence-corrected chi connectivity index (χ4v) is 3.17. The van der Waals surface area contributed by atoms with Gasteiger partial charge in [-0.25, -0.2) is 9.59 Å². The molecule has 2 aromatic heterocycles. The minimum absolute atomic E-state index is 0.180. The van der Waals surface area contributed by atoms with Crippen LogP contribution in [0.1, 0.15) is 46.2 Å². The summed E-state index contributed by atoms with van der Waals surface area (Å²) in [5.74, 6) is -0.357. The first-order valence-electron chi connectivity index (χ1n) is 9.26. The van der Waals surface area contributed by atoms with Crippen molar-refractivity contribution < 1.29 is 27.9 Å². The van der Waals surface area contributed by atoms with Gasteiger partial charge in [-0.05, 0) is 43.3 Å². The van der Waals surface area contributed by atoms with Gasteiger partial charge in [-0.15, -0.1) is 0 Å². The maximum atomic E-state index is 12.5. The van der Waals surface area contributed by atoms with Crippen molar-refractivity contribution in [3.63, 3.8) is 0 Å². The van der Waals surface area contributed by atoms with Crippen molar-refractivity contribution in [2.45, 2.75) is 25.9 Å². The summed E-state index contributed by atoms with van der Waals surface area (Å²) in [6.45, 7) is 3.74. The molecule has 148 valence electrons. The standard InChI is InChI=1S/C23H20O6/c1-13(19-10-16-5-7-17(22(24)26-3)12-21(16)29-19)14(2)28-23(25)18-6-4-15-8-9-27-20(15)11-18/h4-14H,1-3H3. The molecule has 0 aliphatic heterocycles. The summed E-state index contributed by atoms with van der Waals surface area (Å²) in [4.78, 5) is 24.2. The van der Waals surface area contributed by atoms with Crippen molar-refractivity contribution in [2.24, 2.45) is 0 Å². The van der Waals surface area contributed by atoms with Gasteiger partial charge in [-0.1, -0.05) is 19.1 Å². The molecule has 4 rings (SSSR count). The lowest BCUT2D eigenvalue weighted by atomic mass is 10.0. The molecule has 0 amide bonds. The Hall–Kier alpha value is -3.54. The van der Waals surface area contributed by atoms with E-state index in [0.29, 0.717) is 28.1 Å². The molecule has 2 heterocycles. The van der Waals surface area contributed by atoms with E-state index in [1.807, 2.05) is 32.0 Å². The first kappa shape index (κ1) is 18.8. The van der Waals surface area contributed by atoms with Gasteiger partial charge in [0, 0.05) is 10.8 Å². The van der Waals surface area contributed by atoms with Crippen LogP contribution in [0.15, 0.2) is 63.6 Å². The van der Waals surface area contributed by atoms with Crippen molar-refractivity contribution in [1.29, 1.82) is 0 Å². The first-order chi connectivity index (χ1) is 14.0. The zero-order valence-corrected chi connectivity index (χ0v) is 16.3. The van der Waals surface area contributed by atoms with E-state index in [-0.39, 0.29) is 5.92 Å². The second-order valence-electron chi connectivity index (χ2n) is 6.97. The molecule has 0 saturated heterocycles. The van der Waals surface area contributed by atoms with E-state index in [2.05, 4.69) is 0 Å². The van der Waals surface area contributed by atoms with E-state index in [1.165, 1.54) is 7.11 Å². The normalized spacial score (nSPS) is 13.3. The number of ether oxygens (including phenoxy) is 2. The van der Waals surface area contributed by atoms with Crippen LogP contribution in [-0.2, 0) is 9.47 Å². The summed E-state index contributed by atoms with van der Waals surface area (Å²) in [5.41, 5.74) is 2.07. The summed E-state index contributed by atoms with van der Waals surface area (Å²) in [5, 5.41) is 1.79. The number of carbonyl (C=O) groups excluding carboxylic acids is 2. The molecule has 0 fully saturated rings. The predicted octanol–water partition coefficient (Wildman–Crippen LogP) is 5.31. The van der Waals surface area contributed by atoms with E-state index < -0.39 is 18.0 Å². The number of carbonyl (C=O) groups is 2. The summed E-state index contributed by atoms with van der Waals surface area (Å²) in [7, 11) is 1.34. The third-order valence-electron chi connectivity index (χ3n) is 5.10. The van der Waals surface area contributed by atoms with Crippen molar-refractivity contribution in [1.82, 2.24) is 0 Å². The van der Waals surface area contributed by atoms with Crippen LogP contribution in [0.3, 0.4) is 0 Å². The Labute approximate surface area is 167 Å². The Balaban J connectivity index is 1.51. The second kappa shape index (κ2) is 7.47. The minimum atomic E-state index is -0.424. The maximum absolute atomic E-state index is 12.5. The molecule has 0 aliphatic rings. The summed E-state index contributed by atoms with van der Waals surface area (Å²) >= 11 is 0. The fourth-order valence-electron chi connectivity index (χ4n) is 3.17. The van der Waals surface area contributed by atoms with E-state index >= 15 is 0 Å². The maximum Gasteiger partial charge on any atom is 0.338 e. The summed E-state index contributed by atoms with van der Waals surface area (Å²) < 4.78 is 21.6. The van der Waals surface area contributed by atoms with Crippen LogP contribution in [0.25, 0.3) is 21.9 Å². The van der Waals surface area contributed by atoms with E-state index in [1.54, 1.807) is 36.6 Å². The van der Waals surface area contributed by atoms with Gasteiger partial charge in [0.25, 0.3) is 0 Å². The Morgan fingerprint density at radius 3 is 2.31 bits per heavy atom. The Morgan fingerprint density at radius 1 is 0.862 bits per heavy atom. The molecule has 2 unspecified atom stereocenters. The fraction of sp³-hybridized carbons (Fsp3) is 0.217. The van der Waals surface area contributed by atoms with Gasteiger partial charge in [-0.3, -0.25) is 0 Å². The van der Waals surface area contributed by atoms with Crippen LogP contribution in [0.2, 0.25) is 0 Å². The lowest BCUT2D eigenvalue weighted by molar-refractivity contribution is 0.0279. The van der Waals surface area contributed by atoms with Gasteiger partial charge in [0.05, 0.1) is 30.4 Å². The van der Waals surface area contributed by atoms with Crippen molar-refractivity contribution in [3.05, 3.63) is 71.7 Å². The lowest BCUT2D eigenvalue weighted by Crippen LogP contribution is -2.20. The molecule has 6 nitrogen and oxygen atoms in total. The number of fused-ring (bicyclic) bond motifs is 2. The number of furan rings is 2. The molecule has 2 atom stereocenters. The molecule has 4 aromatic rings. The van der Waals surface area contributed by atoms with Crippen LogP contribution < -0.4 is 0 Å². The van der Waals surface area contributed by atoms with Crippen molar-refractivity contribution >= 4 is 33.9 Å². The topological polar surface area (TPSA) is 78.9 Å². The molecule has 0 radical (unpaired) electrons. The van der Waals surface area contributed by atoms with E-state index in [4.69, 9.17) is 18.3 Å². The van der Waals surface area contributed by atoms with Crippen LogP contribution in [0, 0.1) is 0 Å².